The second kappa shape index (κ2) is 3.67. The Balaban J connectivity index is 3.23. The van der Waals surface area contributed by atoms with E-state index in [-0.39, 0.29) is 0 Å². The number of allylic oxidation sites excluding steroid dienone is 1. The van der Waals surface area contributed by atoms with Crippen molar-refractivity contribution in [2.45, 2.75) is 26.4 Å². The lowest BCUT2D eigenvalue weighted by Gasteiger charge is -2.04. The minimum Gasteiger partial charge on any atom is -0.233 e. The monoisotopic (exact) mass is 113 g/mol. The maximum absolute atomic E-state index is 10.4. The molecule has 0 heterocycles. The van der Waals surface area contributed by atoms with Crippen LogP contribution in [0.5, 0.6) is 0 Å². The molecule has 0 fully saturated rings. The van der Waals surface area contributed by atoms with Crippen LogP contribution in [-0.2, 0) is 5.11 Å². The Morgan fingerprint density at radius 2 is 2.12 bits per heavy atom. The largest absolute Gasteiger partial charge is 0.233 e. The quantitative estimate of drug-likeness (QED) is 0.499. The van der Waals surface area contributed by atoms with Crippen LogP contribution in [0.3, 0.4) is 0 Å². The summed E-state index contributed by atoms with van der Waals surface area (Å²) in [5.41, 5.74) is 0. The van der Waals surface area contributed by atoms with Gasteiger partial charge in [-0.05, 0) is 19.3 Å². The zero-order valence-corrected chi connectivity index (χ0v) is 5.55. The molecule has 0 spiro atoms. The van der Waals surface area contributed by atoms with E-state index >= 15 is 0 Å². The number of hydrogen-bond acceptors (Lipinski definition) is 0. The molecule has 0 aromatic rings. The smallest absolute Gasteiger partial charge is 0.0907 e. The fourth-order valence-electron chi connectivity index (χ4n) is 0.620. The second-order valence-electron chi connectivity index (χ2n) is 2.26. The zero-order valence-electron chi connectivity index (χ0n) is 5.55. The van der Waals surface area contributed by atoms with Crippen LogP contribution < -0.4 is 0 Å². The normalized spacial score (nSPS) is 17.4. The molecule has 1 heteroatoms. The molecule has 0 amide bonds. The predicted molar refractivity (Wildman–Crippen MR) is 34.1 cm³/mol. The fourth-order valence-corrected chi connectivity index (χ4v) is 0.620. The molecule has 47 valence electrons. The number of hydrogen-bond donors (Lipinski definition) is 0. The van der Waals surface area contributed by atoms with E-state index in [4.69, 9.17) is 0 Å². The summed E-state index contributed by atoms with van der Waals surface area (Å²) < 4.78 is 0. The maximum atomic E-state index is 10.4. The van der Waals surface area contributed by atoms with Crippen molar-refractivity contribution in [3.63, 3.8) is 0 Å². The van der Waals surface area contributed by atoms with Gasteiger partial charge in [0.1, 0.15) is 0 Å². The molecule has 2 atom stereocenters. The molecular formula is C7H13O. The van der Waals surface area contributed by atoms with Gasteiger partial charge in [0.25, 0.3) is 0 Å². The topological polar surface area (TPSA) is 19.9 Å². The van der Waals surface area contributed by atoms with Crippen LogP contribution in [0.4, 0.5) is 0 Å². The van der Waals surface area contributed by atoms with Crippen LogP contribution in [0.1, 0.15) is 20.3 Å². The Labute approximate surface area is 51.0 Å². The van der Waals surface area contributed by atoms with E-state index in [9.17, 15) is 5.11 Å². The van der Waals surface area contributed by atoms with Crippen molar-refractivity contribution in [3.05, 3.63) is 12.7 Å². The zero-order chi connectivity index (χ0) is 6.57. The fraction of sp³-hybridized carbons (Fsp3) is 0.714. The molecule has 0 rings (SSSR count). The Bertz CT molecular complexity index is 66.8. The summed E-state index contributed by atoms with van der Waals surface area (Å²) in [7, 11) is 0. The average molecular weight is 113 g/mol. The molecule has 0 aliphatic heterocycles. The van der Waals surface area contributed by atoms with Crippen molar-refractivity contribution in [2.24, 2.45) is 5.92 Å². The van der Waals surface area contributed by atoms with Gasteiger partial charge in [0.15, 0.2) is 0 Å². The van der Waals surface area contributed by atoms with Crippen molar-refractivity contribution in [1.82, 2.24) is 0 Å². The summed E-state index contributed by atoms with van der Waals surface area (Å²) in [5, 5.41) is 10.4. The Morgan fingerprint density at radius 3 is 2.25 bits per heavy atom. The van der Waals surface area contributed by atoms with Crippen molar-refractivity contribution >= 4 is 0 Å². The summed E-state index contributed by atoms with van der Waals surface area (Å²) >= 11 is 0. The second-order valence-corrected chi connectivity index (χ2v) is 2.26. The average Bonchev–Trinajstić information content (AvgIpc) is 1.65. The first-order valence-electron chi connectivity index (χ1n) is 2.95. The highest BCUT2D eigenvalue weighted by atomic mass is 16.3. The molecule has 0 aliphatic rings. The highest BCUT2D eigenvalue weighted by Crippen LogP contribution is 2.05. The van der Waals surface area contributed by atoms with Gasteiger partial charge in [-0.3, -0.25) is 0 Å². The van der Waals surface area contributed by atoms with Crippen LogP contribution in [-0.4, -0.2) is 6.10 Å². The van der Waals surface area contributed by atoms with Gasteiger partial charge in [0.2, 0.25) is 0 Å². The van der Waals surface area contributed by atoms with Gasteiger partial charge < -0.3 is 0 Å². The SMILES string of the molecule is C=CC(C)CC(C)[O]. The lowest BCUT2D eigenvalue weighted by Crippen LogP contribution is -2.02. The maximum Gasteiger partial charge on any atom is 0.0907 e. The third-order valence-electron chi connectivity index (χ3n) is 1.11. The van der Waals surface area contributed by atoms with Gasteiger partial charge in [0.05, 0.1) is 6.10 Å². The highest BCUT2D eigenvalue weighted by Gasteiger charge is 2.01. The lowest BCUT2D eigenvalue weighted by molar-refractivity contribution is 0.0894. The highest BCUT2D eigenvalue weighted by molar-refractivity contribution is 4.75. The molecule has 1 radical (unpaired) electrons. The van der Waals surface area contributed by atoms with Gasteiger partial charge in [-0.15, -0.1) is 6.58 Å². The first kappa shape index (κ1) is 7.70. The van der Waals surface area contributed by atoms with Gasteiger partial charge in [-0.1, -0.05) is 13.0 Å². The molecule has 0 aliphatic carbocycles. The minimum absolute atomic E-state index is 0.377. The first-order chi connectivity index (χ1) is 3.66. The van der Waals surface area contributed by atoms with E-state index in [2.05, 4.69) is 6.58 Å². The summed E-state index contributed by atoms with van der Waals surface area (Å²) in [6.07, 6.45) is 2.08. The number of rotatable bonds is 3. The Kier molecular flexibility index (Phi) is 3.53. The molecule has 0 bridgehead atoms. The molecule has 0 aromatic heterocycles. The van der Waals surface area contributed by atoms with E-state index in [1.807, 2.05) is 13.0 Å². The Hall–Kier alpha value is -0.300. The van der Waals surface area contributed by atoms with E-state index in [0.717, 1.165) is 0 Å². The summed E-state index contributed by atoms with van der Waals surface area (Å²) in [5.74, 6) is 0.377. The molecule has 0 N–H and O–H groups in total. The molecule has 0 saturated heterocycles. The molecule has 8 heavy (non-hydrogen) atoms. The van der Waals surface area contributed by atoms with E-state index in [1.54, 1.807) is 6.92 Å². The van der Waals surface area contributed by atoms with Gasteiger partial charge in [-0.2, -0.15) is 0 Å². The molecule has 0 aromatic carbocycles. The predicted octanol–water partition coefficient (Wildman–Crippen LogP) is 2.02. The molecule has 0 saturated carbocycles. The van der Waals surface area contributed by atoms with Gasteiger partial charge in [0, 0.05) is 0 Å². The van der Waals surface area contributed by atoms with Crippen LogP contribution in [0.25, 0.3) is 0 Å². The first-order valence-corrected chi connectivity index (χ1v) is 2.95. The standard InChI is InChI=1S/C7H13O/c1-4-6(2)5-7(3)8/h4,6-7H,1,5H2,2-3H3. The van der Waals surface area contributed by atoms with Crippen molar-refractivity contribution in [1.29, 1.82) is 0 Å². The van der Waals surface area contributed by atoms with Crippen molar-refractivity contribution in [3.8, 4) is 0 Å². The van der Waals surface area contributed by atoms with Crippen molar-refractivity contribution in [2.75, 3.05) is 0 Å². The van der Waals surface area contributed by atoms with Crippen LogP contribution >= 0.6 is 0 Å². The summed E-state index contributed by atoms with van der Waals surface area (Å²) in [4.78, 5) is 0. The molecule has 1 nitrogen and oxygen atoms in total. The van der Waals surface area contributed by atoms with Crippen molar-refractivity contribution < 1.29 is 5.11 Å². The van der Waals surface area contributed by atoms with Crippen LogP contribution in [0, 0.1) is 5.92 Å². The third kappa shape index (κ3) is 3.88. The van der Waals surface area contributed by atoms with E-state index < -0.39 is 6.10 Å². The summed E-state index contributed by atoms with van der Waals surface area (Å²) in [6, 6.07) is 0. The molecular weight excluding hydrogens is 100 g/mol. The van der Waals surface area contributed by atoms with E-state index in [1.165, 1.54) is 0 Å². The van der Waals surface area contributed by atoms with Crippen LogP contribution in [0.15, 0.2) is 12.7 Å². The third-order valence-corrected chi connectivity index (χ3v) is 1.11. The lowest BCUT2D eigenvalue weighted by atomic mass is 10.1. The minimum atomic E-state index is -0.442. The summed E-state index contributed by atoms with van der Waals surface area (Å²) in [6.45, 7) is 7.26. The van der Waals surface area contributed by atoms with Gasteiger partial charge >= 0.3 is 0 Å². The van der Waals surface area contributed by atoms with Gasteiger partial charge in [-0.25, -0.2) is 5.11 Å². The Morgan fingerprint density at radius 1 is 1.62 bits per heavy atom. The molecule has 2 unspecified atom stereocenters. The van der Waals surface area contributed by atoms with E-state index in [0.29, 0.717) is 12.3 Å². The van der Waals surface area contributed by atoms with Crippen LogP contribution in [0.2, 0.25) is 0 Å².